The van der Waals surface area contributed by atoms with Crippen LogP contribution < -0.4 is 5.32 Å². The van der Waals surface area contributed by atoms with Crippen LogP contribution in [0.4, 0.5) is 0 Å². The second-order valence-electron chi connectivity index (χ2n) is 3.70. The van der Waals surface area contributed by atoms with Gasteiger partial charge in [0.15, 0.2) is 5.78 Å². The minimum absolute atomic E-state index is 0.0687. The third-order valence-electron chi connectivity index (χ3n) is 2.88. The lowest BCUT2D eigenvalue weighted by Crippen LogP contribution is -2.44. The van der Waals surface area contributed by atoms with E-state index in [0.29, 0.717) is 24.2 Å². The van der Waals surface area contributed by atoms with Crippen molar-refractivity contribution in [2.24, 2.45) is 0 Å². The Kier molecular flexibility index (Phi) is 1.53. The van der Waals surface area contributed by atoms with E-state index in [1.54, 1.807) is 24.3 Å². The third kappa shape index (κ3) is 0.942. The summed E-state index contributed by atoms with van der Waals surface area (Å²) in [7, 11) is 0. The van der Waals surface area contributed by atoms with E-state index in [9.17, 15) is 9.59 Å². The Bertz CT molecular complexity index is 469. The predicted molar refractivity (Wildman–Crippen MR) is 51.2 cm³/mol. The summed E-state index contributed by atoms with van der Waals surface area (Å²) in [4.78, 5) is 23.4. The molecule has 1 amide bonds. The zero-order valence-electron chi connectivity index (χ0n) is 7.95. The number of benzene rings is 1. The molecule has 4 nitrogen and oxygen atoms in total. The molecule has 1 saturated heterocycles. The van der Waals surface area contributed by atoms with E-state index in [-0.39, 0.29) is 11.7 Å². The highest BCUT2D eigenvalue weighted by atomic mass is 16.5. The predicted octanol–water partition coefficient (Wildman–Crippen LogP) is 0.572. The van der Waals surface area contributed by atoms with Crippen molar-refractivity contribution in [2.75, 3.05) is 6.61 Å². The smallest absolute Gasteiger partial charge is 0.254 e. The molecular weight excluding hydrogens is 194 g/mol. The molecule has 0 aromatic heterocycles. The zero-order chi connectivity index (χ0) is 10.5. The Morgan fingerprint density at radius 1 is 1.27 bits per heavy atom. The number of ether oxygens (including phenoxy) is 1. The topological polar surface area (TPSA) is 55.4 Å². The number of amides is 1. The summed E-state index contributed by atoms with van der Waals surface area (Å²) in [6.45, 7) is 0.368. The Balaban J connectivity index is 2.23. The quantitative estimate of drug-likeness (QED) is 0.670. The first kappa shape index (κ1) is 8.61. The van der Waals surface area contributed by atoms with Gasteiger partial charge in [0.2, 0.25) is 5.72 Å². The molecule has 0 bridgehead atoms. The van der Waals surface area contributed by atoms with Crippen LogP contribution in [0.2, 0.25) is 0 Å². The molecule has 1 N–H and O–H groups in total. The van der Waals surface area contributed by atoms with Crippen molar-refractivity contribution in [1.82, 2.24) is 5.32 Å². The summed E-state index contributed by atoms with van der Waals surface area (Å²) in [5.41, 5.74) is -0.00141. The van der Waals surface area contributed by atoms with Gasteiger partial charge in [-0.1, -0.05) is 18.2 Å². The van der Waals surface area contributed by atoms with Gasteiger partial charge < -0.3 is 10.1 Å². The number of carbonyl (C=O) groups is 2. The van der Waals surface area contributed by atoms with Gasteiger partial charge in [-0.3, -0.25) is 9.59 Å². The van der Waals surface area contributed by atoms with Crippen LogP contribution in [0.25, 0.3) is 0 Å². The summed E-state index contributed by atoms with van der Waals surface area (Å²) in [6, 6.07) is 7.04. The molecule has 0 saturated carbocycles. The number of ketones is 1. The number of carbonyl (C=O) groups excluding carboxylic acids is 2. The average Bonchev–Trinajstić information content (AvgIpc) is 2.74. The fourth-order valence-electron chi connectivity index (χ4n) is 2.17. The first-order valence-corrected chi connectivity index (χ1v) is 4.83. The van der Waals surface area contributed by atoms with E-state index in [0.717, 1.165) is 0 Å². The van der Waals surface area contributed by atoms with Gasteiger partial charge in [-0.05, 0) is 6.07 Å². The molecule has 1 aromatic carbocycles. The minimum atomic E-state index is -1.19. The molecule has 3 rings (SSSR count). The van der Waals surface area contributed by atoms with Crippen LogP contribution in [0.15, 0.2) is 24.3 Å². The molecule has 2 aliphatic heterocycles. The van der Waals surface area contributed by atoms with Crippen molar-refractivity contribution < 1.29 is 14.3 Å². The van der Waals surface area contributed by atoms with Crippen LogP contribution in [0.3, 0.4) is 0 Å². The summed E-state index contributed by atoms with van der Waals surface area (Å²) in [5, 5.41) is 2.63. The Morgan fingerprint density at radius 2 is 2.07 bits per heavy atom. The summed E-state index contributed by atoms with van der Waals surface area (Å²) in [5.74, 6) is -0.304. The highest BCUT2D eigenvalue weighted by Gasteiger charge is 2.52. The van der Waals surface area contributed by atoms with Gasteiger partial charge in [0.1, 0.15) is 0 Å². The zero-order valence-corrected chi connectivity index (χ0v) is 7.95. The van der Waals surface area contributed by atoms with Crippen molar-refractivity contribution >= 4 is 11.7 Å². The second kappa shape index (κ2) is 2.67. The number of nitrogens with one attached hydrogen (secondary N) is 1. The van der Waals surface area contributed by atoms with Gasteiger partial charge in [-0.25, -0.2) is 0 Å². The van der Waals surface area contributed by atoms with Crippen molar-refractivity contribution in [3.63, 3.8) is 0 Å². The normalized spacial score (nSPS) is 28.3. The molecule has 1 fully saturated rings. The molecule has 1 atom stereocenters. The standard InChI is InChI=1S/C11H9NO3/c13-9-5-6-15-11(9)8-4-2-1-3-7(8)10(14)12-11/h1-4H,5-6H2,(H,12,14). The lowest BCUT2D eigenvalue weighted by atomic mass is 9.98. The molecule has 1 unspecified atom stereocenters. The number of hydrogen-bond acceptors (Lipinski definition) is 3. The maximum absolute atomic E-state index is 11.8. The van der Waals surface area contributed by atoms with E-state index >= 15 is 0 Å². The largest absolute Gasteiger partial charge is 0.345 e. The maximum Gasteiger partial charge on any atom is 0.254 e. The van der Waals surface area contributed by atoms with Crippen molar-refractivity contribution in [1.29, 1.82) is 0 Å². The molecule has 15 heavy (non-hydrogen) atoms. The highest BCUT2D eigenvalue weighted by molar-refractivity contribution is 6.07. The minimum Gasteiger partial charge on any atom is -0.345 e. The van der Waals surface area contributed by atoms with Crippen molar-refractivity contribution in [3.05, 3.63) is 35.4 Å². The van der Waals surface area contributed by atoms with Crippen LogP contribution >= 0.6 is 0 Å². The first-order chi connectivity index (χ1) is 7.24. The molecule has 2 heterocycles. The molecule has 76 valence electrons. The van der Waals surface area contributed by atoms with E-state index in [2.05, 4.69) is 5.32 Å². The van der Waals surface area contributed by atoms with E-state index < -0.39 is 5.72 Å². The Labute approximate surface area is 86.2 Å². The van der Waals surface area contributed by atoms with Gasteiger partial charge in [0.25, 0.3) is 5.91 Å². The number of rotatable bonds is 0. The van der Waals surface area contributed by atoms with Gasteiger partial charge >= 0.3 is 0 Å². The SMILES string of the molecule is O=C1NC2(OCCC2=O)c2ccccc21. The van der Waals surface area contributed by atoms with Gasteiger partial charge in [-0.2, -0.15) is 0 Å². The fraction of sp³-hybridized carbons (Fsp3) is 0.273. The Hall–Kier alpha value is -1.68. The number of Topliss-reactive ketones (excluding diaryl/α,β-unsaturated/α-hetero) is 1. The second-order valence-corrected chi connectivity index (χ2v) is 3.70. The molecule has 0 radical (unpaired) electrons. The molecular formula is C11H9NO3. The van der Waals surface area contributed by atoms with E-state index in [4.69, 9.17) is 4.74 Å². The maximum atomic E-state index is 11.8. The summed E-state index contributed by atoms with van der Waals surface area (Å²) < 4.78 is 5.43. The number of hydrogen-bond donors (Lipinski definition) is 1. The van der Waals surface area contributed by atoms with Gasteiger partial charge in [0, 0.05) is 17.5 Å². The van der Waals surface area contributed by atoms with Gasteiger partial charge in [-0.15, -0.1) is 0 Å². The highest BCUT2D eigenvalue weighted by Crippen LogP contribution is 2.37. The molecule has 4 heteroatoms. The van der Waals surface area contributed by atoms with Crippen LogP contribution in [0.1, 0.15) is 22.3 Å². The molecule has 1 spiro atoms. The van der Waals surface area contributed by atoms with Crippen LogP contribution in [0.5, 0.6) is 0 Å². The molecule has 1 aromatic rings. The van der Waals surface area contributed by atoms with Crippen LogP contribution in [-0.4, -0.2) is 18.3 Å². The first-order valence-electron chi connectivity index (χ1n) is 4.83. The third-order valence-corrected chi connectivity index (χ3v) is 2.88. The lowest BCUT2D eigenvalue weighted by molar-refractivity contribution is -0.134. The van der Waals surface area contributed by atoms with E-state index in [1.165, 1.54) is 0 Å². The average molecular weight is 203 g/mol. The lowest BCUT2D eigenvalue weighted by Gasteiger charge is -2.21. The summed E-state index contributed by atoms with van der Waals surface area (Å²) in [6.07, 6.45) is 0.356. The molecule has 2 aliphatic rings. The monoisotopic (exact) mass is 203 g/mol. The Morgan fingerprint density at radius 3 is 2.80 bits per heavy atom. The van der Waals surface area contributed by atoms with Crippen LogP contribution in [0, 0.1) is 0 Å². The fourth-order valence-corrected chi connectivity index (χ4v) is 2.17. The van der Waals surface area contributed by atoms with Crippen LogP contribution in [-0.2, 0) is 15.3 Å². The van der Waals surface area contributed by atoms with Crippen molar-refractivity contribution in [2.45, 2.75) is 12.1 Å². The van der Waals surface area contributed by atoms with Gasteiger partial charge in [0.05, 0.1) is 6.61 Å². The molecule has 0 aliphatic carbocycles. The van der Waals surface area contributed by atoms with Crippen molar-refractivity contribution in [3.8, 4) is 0 Å². The summed E-state index contributed by atoms with van der Waals surface area (Å²) >= 11 is 0. The van der Waals surface area contributed by atoms with E-state index in [1.807, 2.05) is 0 Å². The number of fused-ring (bicyclic) bond motifs is 2.